The van der Waals surface area contributed by atoms with E-state index < -0.39 is 11.6 Å². The summed E-state index contributed by atoms with van der Waals surface area (Å²) in [5.41, 5.74) is 1.81. The number of carbonyl (C=O) groups excluding carboxylic acids is 3. The van der Waals surface area contributed by atoms with E-state index in [2.05, 4.69) is 0 Å². The number of nitrogens with zero attached hydrogens (tertiary/aromatic N) is 2. The molecule has 2 aliphatic rings. The zero-order valence-electron chi connectivity index (χ0n) is 15.5. The van der Waals surface area contributed by atoms with Crippen molar-refractivity contribution in [2.75, 3.05) is 0 Å². The third-order valence-electron chi connectivity index (χ3n) is 5.42. The molecule has 3 aromatic rings. The van der Waals surface area contributed by atoms with Crippen LogP contribution in [0, 0.1) is 0 Å². The second-order valence-corrected chi connectivity index (χ2v) is 6.88. The average molecular weight is 408 g/mol. The number of rotatable bonds is 1. The Kier molecular flexibility index (Phi) is 5.39. The molecule has 8 heteroatoms. The van der Waals surface area contributed by atoms with Crippen LogP contribution in [0.1, 0.15) is 37.5 Å². The number of hydrogen-bond acceptors (Lipinski definition) is 7. The summed E-state index contributed by atoms with van der Waals surface area (Å²) in [7, 11) is 0. The highest BCUT2D eigenvalue weighted by atomic mass is 16.6. The van der Waals surface area contributed by atoms with E-state index in [1.54, 1.807) is 17.6 Å². The number of esters is 1. The van der Waals surface area contributed by atoms with Gasteiger partial charge in [-0.2, -0.15) is 9.59 Å². The molecule has 154 valence electrons. The predicted octanol–water partition coefficient (Wildman–Crippen LogP) is 2.13. The molecule has 5 rings (SSSR count). The van der Waals surface area contributed by atoms with Crippen LogP contribution >= 0.6 is 0 Å². The smallest absolute Gasteiger partial charge is 0.373 e. The first kappa shape index (κ1) is 21.1. The number of benzene rings is 1. The van der Waals surface area contributed by atoms with Crippen molar-refractivity contribution in [3.05, 3.63) is 63.4 Å². The number of pyridine rings is 2. The standard InChI is InChI=1S/C20H16N2O4.CO2.CH4/c1-2-20(25)14-8-16-17-12(7-11-5-3-4-6-15(11)21-17)9-22(16)18(23)13(14)10-26-19(20)24;2-1-3;/h3-8,25H,2,9-10H2,1H3;;1H4/t20-;;/m0../s1. The molecule has 2 aromatic heterocycles. The Morgan fingerprint density at radius 3 is 2.63 bits per heavy atom. The van der Waals surface area contributed by atoms with E-state index in [1.807, 2.05) is 30.3 Å². The monoisotopic (exact) mass is 408 g/mol. The van der Waals surface area contributed by atoms with Crippen molar-refractivity contribution in [2.24, 2.45) is 0 Å². The van der Waals surface area contributed by atoms with Crippen molar-refractivity contribution < 1.29 is 24.2 Å². The van der Waals surface area contributed by atoms with Crippen molar-refractivity contribution in [1.82, 2.24) is 9.55 Å². The van der Waals surface area contributed by atoms with Crippen LogP contribution in [0.3, 0.4) is 0 Å². The third kappa shape index (κ3) is 2.94. The molecular weight excluding hydrogens is 388 g/mol. The Morgan fingerprint density at radius 2 is 1.93 bits per heavy atom. The van der Waals surface area contributed by atoms with E-state index in [4.69, 9.17) is 19.3 Å². The number of hydrogen-bond donors (Lipinski definition) is 1. The summed E-state index contributed by atoms with van der Waals surface area (Å²) in [6.45, 7) is 2.01. The lowest BCUT2D eigenvalue weighted by molar-refractivity contribution is -0.191. The van der Waals surface area contributed by atoms with Crippen LogP contribution in [0.4, 0.5) is 0 Å². The fourth-order valence-corrected chi connectivity index (χ4v) is 3.93. The fourth-order valence-electron chi connectivity index (χ4n) is 3.93. The van der Waals surface area contributed by atoms with Crippen LogP contribution in [0.15, 0.2) is 41.2 Å². The van der Waals surface area contributed by atoms with Gasteiger partial charge in [-0.25, -0.2) is 9.78 Å². The molecule has 1 aromatic carbocycles. The molecule has 0 saturated heterocycles. The van der Waals surface area contributed by atoms with Gasteiger partial charge in [0.1, 0.15) is 6.61 Å². The molecule has 1 atom stereocenters. The largest absolute Gasteiger partial charge is 0.458 e. The molecule has 0 spiro atoms. The highest BCUT2D eigenvalue weighted by Crippen LogP contribution is 2.38. The summed E-state index contributed by atoms with van der Waals surface area (Å²) in [4.78, 5) is 46.1. The number of aromatic nitrogens is 2. The van der Waals surface area contributed by atoms with Crippen LogP contribution in [0.5, 0.6) is 0 Å². The molecule has 0 radical (unpaired) electrons. The Balaban J connectivity index is 0.000000606. The molecule has 1 N–H and O–H groups in total. The number of cyclic esters (lactones) is 1. The number of para-hydroxylation sites is 1. The maximum atomic E-state index is 13.0. The van der Waals surface area contributed by atoms with Gasteiger partial charge in [0.05, 0.1) is 29.0 Å². The molecule has 0 bridgehead atoms. The van der Waals surface area contributed by atoms with Gasteiger partial charge < -0.3 is 14.4 Å². The number of aliphatic hydroxyl groups is 1. The third-order valence-corrected chi connectivity index (χ3v) is 5.42. The zero-order chi connectivity index (χ0) is 20.8. The van der Waals surface area contributed by atoms with E-state index in [9.17, 15) is 14.7 Å². The first-order valence-electron chi connectivity index (χ1n) is 8.99. The molecule has 30 heavy (non-hydrogen) atoms. The number of ether oxygens (including phenoxy) is 1. The normalized spacial score (nSPS) is 18.0. The summed E-state index contributed by atoms with van der Waals surface area (Å²) in [6, 6.07) is 11.6. The molecule has 0 saturated carbocycles. The minimum atomic E-state index is -1.79. The second-order valence-electron chi connectivity index (χ2n) is 6.88. The van der Waals surface area contributed by atoms with Crippen molar-refractivity contribution in [3.63, 3.8) is 0 Å². The van der Waals surface area contributed by atoms with Gasteiger partial charge in [0.25, 0.3) is 5.56 Å². The quantitative estimate of drug-likeness (QED) is 0.480. The van der Waals surface area contributed by atoms with Crippen molar-refractivity contribution in [1.29, 1.82) is 0 Å². The Hall–Kier alpha value is -3.61. The van der Waals surface area contributed by atoms with E-state index in [0.717, 1.165) is 22.2 Å². The summed E-state index contributed by atoms with van der Waals surface area (Å²) >= 11 is 0. The topological polar surface area (TPSA) is 116 Å². The van der Waals surface area contributed by atoms with Crippen molar-refractivity contribution >= 4 is 23.0 Å². The molecule has 2 aliphatic heterocycles. The Labute approximate surface area is 171 Å². The first-order chi connectivity index (χ1) is 13.9. The lowest BCUT2D eigenvalue weighted by Crippen LogP contribution is -2.44. The van der Waals surface area contributed by atoms with Crippen molar-refractivity contribution in [2.45, 2.75) is 39.5 Å². The summed E-state index contributed by atoms with van der Waals surface area (Å²) < 4.78 is 6.72. The van der Waals surface area contributed by atoms with Crippen LogP contribution < -0.4 is 5.56 Å². The van der Waals surface area contributed by atoms with Crippen molar-refractivity contribution in [3.8, 4) is 11.4 Å². The molecule has 0 aliphatic carbocycles. The molecule has 8 nitrogen and oxygen atoms in total. The molecule has 0 amide bonds. The Morgan fingerprint density at radius 1 is 1.23 bits per heavy atom. The second kappa shape index (κ2) is 7.67. The van der Waals surface area contributed by atoms with Gasteiger partial charge >= 0.3 is 12.1 Å². The maximum Gasteiger partial charge on any atom is 0.373 e. The molecule has 0 fully saturated rings. The van der Waals surface area contributed by atoms with Crippen LogP contribution in [-0.4, -0.2) is 26.8 Å². The van der Waals surface area contributed by atoms with Gasteiger partial charge in [-0.15, -0.1) is 0 Å². The summed E-state index contributed by atoms with van der Waals surface area (Å²) in [6.07, 6.45) is 0.389. The minimum absolute atomic E-state index is 0. The van der Waals surface area contributed by atoms with Gasteiger partial charge in [-0.3, -0.25) is 4.79 Å². The van der Waals surface area contributed by atoms with E-state index in [1.165, 1.54) is 0 Å². The zero-order valence-corrected chi connectivity index (χ0v) is 15.5. The van der Waals surface area contributed by atoms with E-state index in [-0.39, 0.29) is 32.2 Å². The van der Waals surface area contributed by atoms with Gasteiger partial charge in [0, 0.05) is 16.5 Å². The van der Waals surface area contributed by atoms with Gasteiger partial charge in [0.15, 0.2) is 5.60 Å². The molecule has 0 unspecified atom stereocenters. The van der Waals surface area contributed by atoms with Gasteiger partial charge in [0.2, 0.25) is 0 Å². The van der Waals surface area contributed by atoms with Crippen LogP contribution in [0.25, 0.3) is 22.3 Å². The molecular formula is C22H20N2O6. The Bertz CT molecular complexity index is 1260. The van der Waals surface area contributed by atoms with E-state index >= 15 is 0 Å². The lowest BCUT2D eigenvalue weighted by Gasteiger charge is -2.31. The fraction of sp³-hybridized carbons (Fsp3) is 0.273. The van der Waals surface area contributed by atoms with Crippen LogP contribution in [0.2, 0.25) is 0 Å². The predicted molar refractivity (Wildman–Crippen MR) is 106 cm³/mol. The van der Waals surface area contributed by atoms with E-state index in [0.29, 0.717) is 23.4 Å². The summed E-state index contributed by atoms with van der Waals surface area (Å²) in [5.74, 6) is -0.707. The highest BCUT2D eigenvalue weighted by Gasteiger charge is 2.45. The maximum absolute atomic E-state index is 13.0. The minimum Gasteiger partial charge on any atom is -0.458 e. The highest BCUT2D eigenvalue weighted by molar-refractivity contribution is 5.86. The van der Waals surface area contributed by atoms with Crippen LogP contribution in [-0.2, 0) is 37.9 Å². The first-order valence-corrected chi connectivity index (χ1v) is 8.99. The summed E-state index contributed by atoms with van der Waals surface area (Å²) in [5, 5.41) is 11.8. The number of carbonyl (C=O) groups is 1. The average Bonchev–Trinajstić information content (AvgIpc) is 3.08. The lowest BCUT2D eigenvalue weighted by atomic mass is 9.86. The van der Waals surface area contributed by atoms with Gasteiger partial charge in [-0.05, 0) is 24.6 Å². The molecule has 4 heterocycles. The number of fused-ring (bicyclic) bond motifs is 5. The van der Waals surface area contributed by atoms with Gasteiger partial charge in [-0.1, -0.05) is 32.5 Å². The SMILES string of the molecule is C.CC[C@@]1(O)C(=O)OCc2c1cc1n(c2=O)Cc2cc3ccccc3nc2-1.O=C=O.